The Morgan fingerprint density at radius 1 is 0.970 bits per heavy atom. The van der Waals surface area contributed by atoms with Crippen LogP contribution in [0.15, 0.2) is 65.8 Å². The maximum absolute atomic E-state index is 13.3. The van der Waals surface area contributed by atoms with Gasteiger partial charge in [0.05, 0.1) is 24.7 Å². The molecule has 2 aromatic carbocycles. The van der Waals surface area contributed by atoms with Gasteiger partial charge in [-0.3, -0.25) is 14.8 Å². The molecule has 0 spiro atoms. The molecule has 1 amide bonds. The van der Waals surface area contributed by atoms with Crippen molar-refractivity contribution in [1.29, 1.82) is 0 Å². The summed E-state index contributed by atoms with van der Waals surface area (Å²) >= 11 is 0. The average molecular weight is 437 g/mol. The number of aliphatic imine (C=N–C) groups is 1. The van der Waals surface area contributed by atoms with Crippen LogP contribution >= 0.6 is 0 Å². The Balaban J connectivity index is 1.33. The van der Waals surface area contributed by atoms with Gasteiger partial charge in [0.25, 0.3) is 0 Å². The van der Waals surface area contributed by atoms with Crippen molar-refractivity contribution in [3.63, 3.8) is 0 Å². The van der Waals surface area contributed by atoms with Crippen molar-refractivity contribution in [2.24, 2.45) is 4.99 Å². The Morgan fingerprint density at radius 2 is 1.82 bits per heavy atom. The number of hydrogen-bond donors (Lipinski definition) is 0. The lowest BCUT2D eigenvalue weighted by molar-refractivity contribution is -0.134. The van der Waals surface area contributed by atoms with Crippen LogP contribution in [0, 0.1) is 6.92 Å². The minimum atomic E-state index is 0.197. The number of hydrogen-bond acceptors (Lipinski definition) is 4. The third-order valence-corrected chi connectivity index (χ3v) is 7.36. The Bertz CT molecular complexity index is 1270. The second-order valence-corrected chi connectivity index (χ2v) is 9.63. The van der Waals surface area contributed by atoms with Gasteiger partial charge in [-0.15, -0.1) is 0 Å². The Labute approximate surface area is 194 Å². The fourth-order valence-electron chi connectivity index (χ4n) is 5.75. The van der Waals surface area contributed by atoms with E-state index in [0.717, 1.165) is 30.1 Å². The Morgan fingerprint density at radius 3 is 2.64 bits per heavy atom. The predicted octanol–water partition coefficient (Wildman–Crippen LogP) is 3.72. The van der Waals surface area contributed by atoms with Crippen LogP contribution in [-0.4, -0.2) is 52.6 Å². The van der Waals surface area contributed by atoms with E-state index in [4.69, 9.17) is 4.99 Å². The fourth-order valence-corrected chi connectivity index (χ4v) is 5.75. The highest BCUT2D eigenvalue weighted by molar-refractivity contribution is 6.15. The van der Waals surface area contributed by atoms with E-state index in [2.05, 4.69) is 70.4 Å². The summed E-state index contributed by atoms with van der Waals surface area (Å²) in [4.78, 5) is 27.0. The first-order valence-corrected chi connectivity index (χ1v) is 11.7. The number of aromatic nitrogens is 1. The lowest BCUT2D eigenvalue weighted by Gasteiger charge is -2.37. The van der Waals surface area contributed by atoms with Gasteiger partial charge in [-0.05, 0) is 54.4 Å². The maximum atomic E-state index is 13.3. The van der Waals surface area contributed by atoms with Gasteiger partial charge < -0.3 is 9.80 Å². The number of aryl methyl sites for hydroxylation is 1. The zero-order valence-electron chi connectivity index (χ0n) is 19.2. The van der Waals surface area contributed by atoms with Crippen molar-refractivity contribution in [1.82, 2.24) is 14.8 Å². The van der Waals surface area contributed by atoms with E-state index in [1.165, 1.54) is 27.8 Å². The molecule has 3 aliphatic heterocycles. The molecular formula is C28H28N4O. The van der Waals surface area contributed by atoms with Crippen LogP contribution in [0.2, 0.25) is 0 Å². The number of carbonyl (C=O) groups excluding carboxylic acids is 1. The first kappa shape index (κ1) is 20.3. The van der Waals surface area contributed by atoms with E-state index in [0.29, 0.717) is 25.4 Å². The summed E-state index contributed by atoms with van der Waals surface area (Å²) in [6.45, 7) is 5.26. The van der Waals surface area contributed by atoms with Crippen molar-refractivity contribution in [3.05, 3.63) is 99.9 Å². The van der Waals surface area contributed by atoms with Crippen LogP contribution in [0.5, 0.6) is 0 Å². The molecule has 3 aromatic rings. The molecule has 1 fully saturated rings. The van der Waals surface area contributed by atoms with Gasteiger partial charge in [-0.1, -0.05) is 36.4 Å². The number of pyridine rings is 1. The number of rotatable bonds is 3. The van der Waals surface area contributed by atoms with Gasteiger partial charge in [0.2, 0.25) is 5.91 Å². The van der Waals surface area contributed by atoms with E-state index in [-0.39, 0.29) is 11.9 Å². The topological polar surface area (TPSA) is 48.8 Å². The second-order valence-electron chi connectivity index (χ2n) is 9.63. The lowest BCUT2D eigenvalue weighted by Crippen LogP contribution is -2.46. The molecule has 0 N–H and O–H groups in total. The fraction of sp³-hybridized carbons (Fsp3) is 0.321. The van der Waals surface area contributed by atoms with Crippen molar-refractivity contribution < 1.29 is 4.79 Å². The number of benzene rings is 2. The van der Waals surface area contributed by atoms with Gasteiger partial charge in [0, 0.05) is 48.6 Å². The maximum Gasteiger partial charge on any atom is 0.227 e. The normalized spacial score (nSPS) is 22.3. The zero-order chi connectivity index (χ0) is 22.5. The molecule has 0 bridgehead atoms. The molecule has 0 aliphatic carbocycles. The van der Waals surface area contributed by atoms with Crippen LogP contribution in [0.1, 0.15) is 45.0 Å². The summed E-state index contributed by atoms with van der Waals surface area (Å²) in [6, 6.07) is 19.5. The number of amides is 1. The molecule has 1 aromatic heterocycles. The molecule has 5 nitrogen and oxygen atoms in total. The van der Waals surface area contributed by atoms with E-state index in [1.54, 1.807) is 0 Å². The molecule has 5 heteroatoms. The predicted molar refractivity (Wildman–Crippen MR) is 129 cm³/mol. The molecular weight excluding hydrogens is 408 g/mol. The highest BCUT2D eigenvalue weighted by atomic mass is 16.2. The molecule has 2 atom stereocenters. The van der Waals surface area contributed by atoms with E-state index in [1.807, 2.05) is 19.2 Å². The summed E-state index contributed by atoms with van der Waals surface area (Å²) in [5.41, 5.74) is 9.34. The standard InChI is InChI=1S/C28H28N4O/c1-18-10-20(8-9-29-18)28-24-12-23-15-32(27(33)13-21(23)11-22(24)14-30-28)26-17-31(2)16-25(26)19-6-4-3-5-7-19/h3-12,25-26H,13-17H2,1-2H3/t25-,26+/m0/s1. The van der Waals surface area contributed by atoms with E-state index < -0.39 is 0 Å². The zero-order valence-corrected chi connectivity index (χ0v) is 19.2. The molecule has 0 unspecified atom stereocenters. The molecule has 1 saturated heterocycles. The van der Waals surface area contributed by atoms with E-state index in [9.17, 15) is 4.79 Å². The molecule has 0 saturated carbocycles. The third-order valence-electron chi connectivity index (χ3n) is 7.36. The number of nitrogens with zero attached hydrogens (tertiary/aromatic N) is 4. The average Bonchev–Trinajstić information content (AvgIpc) is 3.41. The summed E-state index contributed by atoms with van der Waals surface area (Å²) in [6.07, 6.45) is 2.33. The third kappa shape index (κ3) is 3.57. The first-order chi connectivity index (χ1) is 16.1. The summed E-state index contributed by atoms with van der Waals surface area (Å²) in [5, 5.41) is 0. The highest BCUT2D eigenvalue weighted by Crippen LogP contribution is 2.35. The molecule has 166 valence electrons. The van der Waals surface area contributed by atoms with Crippen molar-refractivity contribution in [2.45, 2.75) is 38.4 Å². The minimum absolute atomic E-state index is 0.197. The smallest absolute Gasteiger partial charge is 0.227 e. The Kier molecular flexibility index (Phi) is 4.88. The highest BCUT2D eigenvalue weighted by Gasteiger charge is 2.40. The van der Waals surface area contributed by atoms with Crippen LogP contribution in [0.4, 0.5) is 0 Å². The SMILES string of the molecule is Cc1cc(C2=NCc3cc4c(cc32)CN([C@@H]2CN(C)C[C@H]2c2ccccc2)C(=O)C4)ccn1. The first-order valence-electron chi connectivity index (χ1n) is 11.7. The number of likely N-dealkylation sites (N-methyl/N-ethyl adjacent to an activating group) is 1. The molecule has 33 heavy (non-hydrogen) atoms. The summed E-state index contributed by atoms with van der Waals surface area (Å²) < 4.78 is 0. The van der Waals surface area contributed by atoms with Gasteiger partial charge in [0.1, 0.15) is 0 Å². The molecule has 3 aliphatic rings. The van der Waals surface area contributed by atoms with Crippen molar-refractivity contribution >= 4 is 11.6 Å². The van der Waals surface area contributed by atoms with E-state index >= 15 is 0 Å². The number of likely N-dealkylation sites (tertiary alicyclic amines) is 1. The van der Waals surface area contributed by atoms with Crippen LogP contribution in [0.3, 0.4) is 0 Å². The van der Waals surface area contributed by atoms with Gasteiger partial charge in [-0.2, -0.15) is 0 Å². The van der Waals surface area contributed by atoms with Gasteiger partial charge in [-0.25, -0.2) is 0 Å². The van der Waals surface area contributed by atoms with Gasteiger partial charge in [0.15, 0.2) is 0 Å². The van der Waals surface area contributed by atoms with Crippen LogP contribution < -0.4 is 0 Å². The quantitative estimate of drug-likeness (QED) is 0.629. The van der Waals surface area contributed by atoms with Crippen molar-refractivity contribution in [3.8, 4) is 0 Å². The molecule has 4 heterocycles. The Hall–Kier alpha value is -3.31. The lowest BCUT2D eigenvalue weighted by atomic mass is 9.88. The minimum Gasteiger partial charge on any atom is -0.333 e. The van der Waals surface area contributed by atoms with Crippen molar-refractivity contribution in [2.75, 3.05) is 20.1 Å². The molecule has 0 radical (unpaired) electrons. The monoisotopic (exact) mass is 436 g/mol. The van der Waals surface area contributed by atoms with Gasteiger partial charge >= 0.3 is 0 Å². The summed E-state index contributed by atoms with van der Waals surface area (Å²) in [7, 11) is 2.16. The number of fused-ring (bicyclic) bond motifs is 2. The summed E-state index contributed by atoms with van der Waals surface area (Å²) in [5.74, 6) is 0.584. The largest absolute Gasteiger partial charge is 0.333 e. The van der Waals surface area contributed by atoms with Crippen LogP contribution in [0.25, 0.3) is 0 Å². The molecule has 6 rings (SSSR count). The number of carbonyl (C=O) groups is 1. The second kappa shape index (κ2) is 7.92. The van der Waals surface area contributed by atoms with Crippen LogP contribution in [-0.2, 0) is 24.3 Å².